The van der Waals surface area contributed by atoms with Crippen LogP contribution >= 0.6 is 11.3 Å². The van der Waals surface area contributed by atoms with Crippen LogP contribution in [0.4, 0.5) is 0 Å². The minimum absolute atomic E-state index is 0.263. The highest BCUT2D eigenvalue weighted by molar-refractivity contribution is 7.14. The van der Waals surface area contributed by atoms with E-state index in [1.54, 1.807) is 6.07 Å². The molecule has 0 aromatic carbocycles. The van der Waals surface area contributed by atoms with E-state index in [-0.39, 0.29) is 6.61 Å². The molecule has 0 radical (unpaired) electrons. The lowest BCUT2D eigenvalue weighted by Crippen LogP contribution is -2.20. The van der Waals surface area contributed by atoms with Gasteiger partial charge in [0.25, 0.3) is 0 Å². The first-order valence-electron chi connectivity index (χ1n) is 6.26. The van der Waals surface area contributed by atoms with E-state index in [9.17, 15) is 4.79 Å². The predicted molar refractivity (Wildman–Crippen MR) is 71.1 cm³/mol. The number of aliphatic hydroxyl groups is 1. The number of aromatic carboxylic acids is 1. The van der Waals surface area contributed by atoms with E-state index >= 15 is 0 Å². The lowest BCUT2D eigenvalue weighted by molar-refractivity contribution is 0.0702. The third-order valence-corrected chi connectivity index (χ3v) is 4.61. The van der Waals surface area contributed by atoms with E-state index in [0.717, 1.165) is 42.9 Å². The topological polar surface area (TPSA) is 60.8 Å². The first-order valence-corrected chi connectivity index (χ1v) is 7.07. The van der Waals surface area contributed by atoms with Crippen molar-refractivity contribution in [2.45, 2.75) is 26.3 Å². The summed E-state index contributed by atoms with van der Waals surface area (Å²) in [5.74, 6) is -0.248. The van der Waals surface area contributed by atoms with Crippen LogP contribution in [-0.4, -0.2) is 40.8 Å². The number of carboxylic acid groups (broad SMARTS) is 1. The molecule has 18 heavy (non-hydrogen) atoms. The summed E-state index contributed by atoms with van der Waals surface area (Å²) >= 11 is 1.35. The van der Waals surface area contributed by atoms with Gasteiger partial charge in [0, 0.05) is 24.6 Å². The largest absolute Gasteiger partial charge is 0.477 e. The number of aliphatic hydroxyl groups excluding tert-OH is 1. The van der Waals surface area contributed by atoms with Gasteiger partial charge >= 0.3 is 5.97 Å². The Balaban J connectivity index is 1.96. The van der Waals surface area contributed by atoms with E-state index < -0.39 is 5.97 Å². The lowest BCUT2D eigenvalue weighted by Gasteiger charge is -2.15. The third-order valence-electron chi connectivity index (χ3n) is 3.53. The highest BCUT2D eigenvalue weighted by Crippen LogP contribution is 2.26. The fourth-order valence-corrected chi connectivity index (χ4v) is 3.37. The second-order valence-corrected chi connectivity index (χ2v) is 6.16. The quantitative estimate of drug-likeness (QED) is 0.858. The summed E-state index contributed by atoms with van der Waals surface area (Å²) in [5, 5.41) is 17.9. The first-order chi connectivity index (χ1) is 8.60. The molecule has 4 nitrogen and oxygen atoms in total. The van der Waals surface area contributed by atoms with Gasteiger partial charge in [-0.1, -0.05) is 0 Å². The summed E-state index contributed by atoms with van der Waals surface area (Å²) in [7, 11) is 0. The zero-order chi connectivity index (χ0) is 13.1. The smallest absolute Gasteiger partial charge is 0.345 e. The van der Waals surface area contributed by atoms with Crippen molar-refractivity contribution in [1.82, 2.24) is 4.90 Å². The maximum atomic E-state index is 10.9. The van der Waals surface area contributed by atoms with Crippen molar-refractivity contribution < 1.29 is 15.0 Å². The van der Waals surface area contributed by atoms with Crippen LogP contribution in [0, 0.1) is 12.8 Å². The van der Waals surface area contributed by atoms with Crippen LogP contribution in [0.1, 0.15) is 33.0 Å². The molecule has 1 saturated heterocycles. The third kappa shape index (κ3) is 3.10. The highest BCUT2D eigenvalue weighted by atomic mass is 32.1. The van der Waals surface area contributed by atoms with Gasteiger partial charge in [0.2, 0.25) is 0 Å². The van der Waals surface area contributed by atoms with Gasteiger partial charge in [-0.2, -0.15) is 0 Å². The lowest BCUT2D eigenvalue weighted by atomic mass is 10.1. The molecule has 1 atom stereocenters. The van der Waals surface area contributed by atoms with Crippen molar-refractivity contribution in [3.63, 3.8) is 0 Å². The summed E-state index contributed by atoms with van der Waals surface area (Å²) in [4.78, 5) is 14.8. The number of likely N-dealkylation sites (tertiary alicyclic amines) is 1. The maximum Gasteiger partial charge on any atom is 0.345 e. The molecule has 1 fully saturated rings. The average molecular weight is 269 g/mol. The van der Waals surface area contributed by atoms with Crippen LogP contribution in [-0.2, 0) is 6.54 Å². The molecule has 5 heteroatoms. The Kier molecular flexibility index (Phi) is 4.37. The number of carbonyl (C=O) groups is 1. The normalized spacial score (nSPS) is 20.4. The van der Waals surface area contributed by atoms with Crippen molar-refractivity contribution in [2.75, 3.05) is 19.7 Å². The van der Waals surface area contributed by atoms with Gasteiger partial charge < -0.3 is 10.2 Å². The Morgan fingerprint density at radius 2 is 2.39 bits per heavy atom. The number of carboxylic acids is 1. The maximum absolute atomic E-state index is 10.9. The number of rotatable bonds is 5. The molecule has 2 rings (SSSR count). The van der Waals surface area contributed by atoms with Gasteiger partial charge in [0.05, 0.1) is 0 Å². The van der Waals surface area contributed by atoms with Crippen molar-refractivity contribution in [3.05, 3.63) is 21.4 Å². The summed E-state index contributed by atoms with van der Waals surface area (Å²) in [6.45, 7) is 5.13. The number of aryl methyl sites for hydroxylation is 1. The van der Waals surface area contributed by atoms with Gasteiger partial charge in [-0.15, -0.1) is 11.3 Å². The molecule has 0 bridgehead atoms. The molecule has 0 saturated carbocycles. The van der Waals surface area contributed by atoms with Crippen molar-refractivity contribution in [1.29, 1.82) is 0 Å². The predicted octanol–water partition coefficient (Wildman–Crippen LogP) is 1.96. The molecular weight excluding hydrogens is 250 g/mol. The molecule has 2 N–H and O–H groups in total. The molecule has 1 aliphatic heterocycles. The van der Waals surface area contributed by atoms with E-state index in [1.807, 2.05) is 6.92 Å². The van der Waals surface area contributed by atoms with Gasteiger partial charge in [-0.05, 0) is 43.9 Å². The molecule has 1 aliphatic rings. The zero-order valence-corrected chi connectivity index (χ0v) is 11.4. The monoisotopic (exact) mass is 269 g/mol. The Morgan fingerprint density at radius 3 is 3.00 bits per heavy atom. The number of thiophene rings is 1. The highest BCUT2D eigenvalue weighted by Gasteiger charge is 2.23. The summed E-state index contributed by atoms with van der Waals surface area (Å²) < 4.78 is 0. The Hall–Kier alpha value is -0.910. The van der Waals surface area contributed by atoms with E-state index in [2.05, 4.69) is 4.90 Å². The van der Waals surface area contributed by atoms with E-state index in [1.165, 1.54) is 11.3 Å². The molecule has 0 aliphatic carbocycles. The summed E-state index contributed by atoms with van der Waals surface area (Å²) in [6.07, 6.45) is 2.01. The Bertz CT molecular complexity index is 430. The van der Waals surface area contributed by atoms with Gasteiger partial charge in [-0.3, -0.25) is 4.90 Å². The molecule has 2 heterocycles. The van der Waals surface area contributed by atoms with Gasteiger partial charge in [0.15, 0.2) is 0 Å². The molecule has 0 spiro atoms. The van der Waals surface area contributed by atoms with Crippen molar-refractivity contribution >= 4 is 17.3 Å². The van der Waals surface area contributed by atoms with Crippen LogP contribution in [0.5, 0.6) is 0 Å². The second-order valence-electron chi connectivity index (χ2n) is 4.90. The van der Waals surface area contributed by atoms with Crippen LogP contribution < -0.4 is 0 Å². The first kappa shape index (κ1) is 13.5. The minimum atomic E-state index is -0.839. The summed E-state index contributed by atoms with van der Waals surface area (Å²) in [5.41, 5.74) is 1.13. The van der Waals surface area contributed by atoms with E-state index in [4.69, 9.17) is 10.2 Å². The van der Waals surface area contributed by atoms with Crippen molar-refractivity contribution in [3.8, 4) is 0 Å². The molecular formula is C13H19NO3S. The average Bonchev–Trinajstić information content (AvgIpc) is 2.88. The van der Waals surface area contributed by atoms with Crippen LogP contribution in [0.3, 0.4) is 0 Å². The van der Waals surface area contributed by atoms with Gasteiger partial charge in [0.1, 0.15) is 4.88 Å². The molecule has 1 unspecified atom stereocenters. The summed E-state index contributed by atoms with van der Waals surface area (Å²) in [6, 6.07) is 1.79. The molecule has 1 aromatic rings. The van der Waals surface area contributed by atoms with Gasteiger partial charge in [-0.25, -0.2) is 4.79 Å². The molecule has 1 aromatic heterocycles. The number of hydrogen-bond donors (Lipinski definition) is 2. The molecule has 100 valence electrons. The zero-order valence-electron chi connectivity index (χ0n) is 10.6. The second kappa shape index (κ2) is 5.82. The van der Waals surface area contributed by atoms with Crippen LogP contribution in [0.15, 0.2) is 6.07 Å². The van der Waals surface area contributed by atoms with Crippen molar-refractivity contribution in [2.24, 2.45) is 5.92 Å². The van der Waals surface area contributed by atoms with Crippen LogP contribution in [0.2, 0.25) is 0 Å². The van der Waals surface area contributed by atoms with E-state index in [0.29, 0.717) is 10.8 Å². The van der Waals surface area contributed by atoms with Crippen LogP contribution in [0.25, 0.3) is 0 Å². The number of hydrogen-bond acceptors (Lipinski definition) is 4. The Labute approximate surface area is 111 Å². The Morgan fingerprint density at radius 1 is 1.61 bits per heavy atom. The SMILES string of the molecule is Cc1sc(C(=O)O)cc1CN1CCC(CCO)C1. The molecule has 0 amide bonds. The standard InChI is InChI=1S/C13H19NO3S/c1-9-11(6-12(18-9)13(16)17)8-14-4-2-10(7-14)3-5-15/h6,10,15H,2-5,7-8H2,1H3,(H,16,17). The fraction of sp³-hybridized carbons (Fsp3) is 0.615. The fourth-order valence-electron chi connectivity index (χ4n) is 2.50. The minimum Gasteiger partial charge on any atom is -0.477 e. The number of nitrogens with zero attached hydrogens (tertiary/aromatic N) is 1.